The van der Waals surface area contributed by atoms with E-state index in [0.717, 1.165) is 31.6 Å². The number of benzene rings is 1. The third-order valence-corrected chi connectivity index (χ3v) is 4.21. The van der Waals surface area contributed by atoms with E-state index in [1.54, 1.807) is 4.90 Å². The second kappa shape index (κ2) is 8.29. The summed E-state index contributed by atoms with van der Waals surface area (Å²) in [6, 6.07) is 9.75. The Morgan fingerprint density at radius 2 is 1.78 bits per heavy atom. The summed E-state index contributed by atoms with van der Waals surface area (Å²) in [5.74, 6) is 0. The summed E-state index contributed by atoms with van der Waals surface area (Å²) in [6.45, 7) is 5.82. The molecule has 2 heterocycles. The molecule has 23 heavy (non-hydrogen) atoms. The van der Waals surface area contributed by atoms with Gasteiger partial charge in [-0.25, -0.2) is 4.79 Å². The number of hydrogen-bond acceptors (Lipinski definition) is 5. The molecule has 3 rings (SSSR count). The van der Waals surface area contributed by atoms with Crippen LogP contribution in [0.15, 0.2) is 30.3 Å². The van der Waals surface area contributed by atoms with Crippen molar-refractivity contribution in [3.8, 4) is 0 Å². The minimum Gasteiger partial charge on any atom is -0.445 e. The van der Waals surface area contributed by atoms with Crippen LogP contribution in [0.3, 0.4) is 0 Å². The molecular formula is C17H24N2O4. The molecule has 0 aliphatic carbocycles. The van der Waals surface area contributed by atoms with Crippen molar-refractivity contribution in [3.63, 3.8) is 0 Å². The van der Waals surface area contributed by atoms with Gasteiger partial charge in [-0.3, -0.25) is 4.90 Å². The van der Waals surface area contributed by atoms with Gasteiger partial charge in [0.25, 0.3) is 0 Å². The summed E-state index contributed by atoms with van der Waals surface area (Å²) in [6.07, 6.45) is 0.609. The highest BCUT2D eigenvalue weighted by atomic mass is 16.7. The van der Waals surface area contributed by atoms with E-state index in [2.05, 4.69) is 4.90 Å². The second-order valence-corrected chi connectivity index (χ2v) is 5.83. The summed E-state index contributed by atoms with van der Waals surface area (Å²) < 4.78 is 16.3. The van der Waals surface area contributed by atoms with Crippen LogP contribution >= 0.6 is 0 Å². The van der Waals surface area contributed by atoms with E-state index in [-0.39, 0.29) is 12.4 Å². The number of piperazine rings is 1. The predicted molar refractivity (Wildman–Crippen MR) is 84.9 cm³/mol. The lowest BCUT2D eigenvalue weighted by Crippen LogP contribution is -2.49. The standard InChI is InChI=1S/C17H24N2O4/c20-17(23-14-15-4-2-1-3-5-15)19-10-8-18(9-11-19)7-6-16-21-12-13-22-16/h1-5,16H,6-14H2. The highest BCUT2D eigenvalue weighted by Crippen LogP contribution is 2.11. The van der Waals surface area contributed by atoms with Crippen LogP contribution in [0, 0.1) is 0 Å². The molecular weight excluding hydrogens is 296 g/mol. The first-order chi connectivity index (χ1) is 11.3. The van der Waals surface area contributed by atoms with Gasteiger partial charge in [-0.05, 0) is 5.56 Å². The lowest BCUT2D eigenvalue weighted by molar-refractivity contribution is -0.0532. The molecule has 0 spiro atoms. The Balaban J connectivity index is 1.34. The Kier molecular flexibility index (Phi) is 5.85. The number of hydrogen-bond donors (Lipinski definition) is 0. The molecule has 0 radical (unpaired) electrons. The fourth-order valence-corrected chi connectivity index (χ4v) is 2.83. The molecule has 0 bridgehead atoms. The minimum atomic E-state index is -0.226. The molecule has 126 valence electrons. The van der Waals surface area contributed by atoms with Gasteiger partial charge in [0.2, 0.25) is 0 Å². The van der Waals surface area contributed by atoms with Crippen molar-refractivity contribution in [1.29, 1.82) is 0 Å². The Morgan fingerprint density at radius 3 is 2.48 bits per heavy atom. The fourth-order valence-electron chi connectivity index (χ4n) is 2.83. The Morgan fingerprint density at radius 1 is 1.09 bits per heavy atom. The summed E-state index contributed by atoms with van der Waals surface area (Å²) in [7, 11) is 0. The van der Waals surface area contributed by atoms with Crippen LogP contribution in [0.5, 0.6) is 0 Å². The summed E-state index contributed by atoms with van der Waals surface area (Å²) in [5.41, 5.74) is 1.01. The monoisotopic (exact) mass is 320 g/mol. The quantitative estimate of drug-likeness (QED) is 0.826. The molecule has 2 fully saturated rings. The third-order valence-electron chi connectivity index (χ3n) is 4.21. The van der Waals surface area contributed by atoms with E-state index >= 15 is 0 Å². The summed E-state index contributed by atoms with van der Waals surface area (Å²) >= 11 is 0. The first-order valence-corrected chi connectivity index (χ1v) is 8.22. The smallest absolute Gasteiger partial charge is 0.410 e. The molecule has 0 aromatic heterocycles. The lowest BCUT2D eigenvalue weighted by atomic mass is 10.2. The molecule has 1 aromatic carbocycles. The van der Waals surface area contributed by atoms with Crippen LogP contribution in [0.25, 0.3) is 0 Å². The molecule has 0 saturated carbocycles. The third kappa shape index (κ3) is 4.92. The zero-order valence-electron chi connectivity index (χ0n) is 13.4. The Bertz CT molecular complexity index is 483. The molecule has 1 aromatic rings. The van der Waals surface area contributed by atoms with Crippen LogP contribution in [-0.4, -0.2) is 68.1 Å². The van der Waals surface area contributed by atoms with E-state index in [1.165, 1.54) is 0 Å². The summed E-state index contributed by atoms with van der Waals surface area (Å²) in [4.78, 5) is 16.2. The number of rotatable bonds is 5. The van der Waals surface area contributed by atoms with Gasteiger partial charge < -0.3 is 19.1 Å². The van der Waals surface area contributed by atoms with Gasteiger partial charge in [0, 0.05) is 39.1 Å². The predicted octanol–water partition coefficient (Wildman–Crippen LogP) is 1.70. The molecule has 6 nitrogen and oxygen atoms in total. The SMILES string of the molecule is O=C(OCc1ccccc1)N1CCN(CCC2OCCO2)CC1. The number of nitrogens with zero attached hydrogens (tertiary/aromatic N) is 2. The van der Waals surface area contributed by atoms with Crippen molar-refractivity contribution in [3.05, 3.63) is 35.9 Å². The van der Waals surface area contributed by atoms with Gasteiger partial charge in [0.15, 0.2) is 6.29 Å². The first kappa shape index (κ1) is 16.2. The van der Waals surface area contributed by atoms with E-state index in [4.69, 9.17) is 14.2 Å². The average Bonchev–Trinajstić information content (AvgIpc) is 3.13. The largest absolute Gasteiger partial charge is 0.445 e. The molecule has 2 aliphatic heterocycles. The van der Waals surface area contributed by atoms with Crippen LogP contribution in [0.4, 0.5) is 4.79 Å². The highest BCUT2D eigenvalue weighted by molar-refractivity contribution is 5.67. The number of carbonyl (C=O) groups is 1. The fraction of sp³-hybridized carbons (Fsp3) is 0.588. The van der Waals surface area contributed by atoms with E-state index in [9.17, 15) is 4.79 Å². The summed E-state index contributed by atoms with van der Waals surface area (Å²) in [5, 5.41) is 0. The normalized spacial score (nSPS) is 19.9. The molecule has 6 heteroatoms. The number of carbonyl (C=O) groups excluding carboxylic acids is 1. The van der Waals surface area contributed by atoms with E-state index in [1.807, 2.05) is 30.3 Å². The Hall–Kier alpha value is -1.63. The molecule has 0 atom stereocenters. The second-order valence-electron chi connectivity index (χ2n) is 5.83. The molecule has 1 amide bonds. The van der Waals surface area contributed by atoms with Crippen molar-refractivity contribution < 1.29 is 19.0 Å². The molecule has 0 N–H and O–H groups in total. The maximum atomic E-state index is 12.1. The van der Waals surface area contributed by atoms with Crippen LogP contribution in [0.1, 0.15) is 12.0 Å². The zero-order chi connectivity index (χ0) is 15.9. The highest BCUT2D eigenvalue weighted by Gasteiger charge is 2.23. The van der Waals surface area contributed by atoms with Crippen LogP contribution in [-0.2, 0) is 20.8 Å². The van der Waals surface area contributed by atoms with Gasteiger partial charge in [-0.15, -0.1) is 0 Å². The maximum absolute atomic E-state index is 12.1. The molecule has 0 unspecified atom stereocenters. The van der Waals surface area contributed by atoms with Crippen molar-refractivity contribution >= 4 is 6.09 Å². The maximum Gasteiger partial charge on any atom is 0.410 e. The van der Waals surface area contributed by atoms with E-state index in [0.29, 0.717) is 32.9 Å². The topological polar surface area (TPSA) is 51.2 Å². The van der Waals surface area contributed by atoms with Gasteiger partial charge in [0.1, 0.15) is 6.61 Å². The molecule has 2 aliphatic rings. The minimum absolute atomic E-state index is 0.0520. The van der Waals surface area contributed by atoms with Crippen molar-refractivity contribution in [1.82, 2.24) is 9.80 Å². The first-order valence-electron chi connectivity index (χ1n) is 8.22. The Labute approximate surface area is 136 Å². The van der Waals surface area contributed by atoms with E-state index < -0.39 is 0 Å². The number of ether oxygens (including phenoxy) is 3. The average molecular weight is 320 g/mol. The van der Waals surface area contributed by atoms with Gasteiger partial charge in [0.05, 0.1) is 13.2 Å². The van der Waals surface area contributed by atoms with Crippen molar-refractivity contribution in [2.24, 2.45) is 0 Å². The van der Waals surface area contributed by atoms with Gasteiger partial charge in [-0.1, -0.05) is 30.3 Å². The van der Waals surface area contributed by atoms with Gasteiger partial charge >= 0.3 is 6.09 Å². The number of amides is 1. The molecule has 2 saturated heterocycles. The van der Waals surface area contributed by atoms with Crippen molar-refractivity contribution in [2.45, 2.75) is 19.3 Å². The van der Waals surface area contributed by atoms with Crippen molar-refractivity contribution in [2.75, 3.05) is 45.9 Å². The van der Waals surface area contributed by atoms with Crippen LogP contribution < -0.4 is 0 Å². The van der Waals surface area contributed by atoms with Gasteiger partial charge in [-0.2, -0.15) is 0 Å². The van der Waals surface area contributed by atoms with Crippen LogP contribution in [0.2, 0.25) is 0 Å². The zero-order valence-corrected chi connectivity index (χ0v) is 13.4. The lowest BCUT2D eigenvalue weighted by Gasteiger charge is -2.34.